The summed E-state index contributed by atoms with van der Waals surface area (Å²) in [6.07, 6.45) is 0. The van der Waals surface area contributed by atoms with Gasteiger partial charge < -0.3 is 10.4 Å². The lowest BCUT2D eigenvalue weighted by Crippen LogP contribution is -2.28. The lowest BCUT2D eigenvalue weighted by Gasteiger charge is -2.15. The summed E-state index contributed by atoms with van der Waals surface area (Å²) in [5.74, 6) is -0.177. The molecule has 1 atom stereocenters. The van der Waals surface area contributed by atoms with Crippen molar-refractivity contribution in [1.29, 1.82) is 0 Å². The minimum absolute atomic E-state index is 0.139. The van der Waals surface area contributed by atoms with Gasteiger partial charge >= 0.3 is 0 Å². The van der Waals surface area contributed by atoms with E-state index in [0.29, 0.717) is 5.02 Å². The Balaban J connectivity index is 2.83. The Hall–Kier alpha value is -1.06. The second-order valence-electron chi connectivity index (χ2n) is 2.99. The molecular formula is C10H12ClNO2. The van der Waals surface area contributed by atoms with Crippen molar-refractivity contribution in [3.63, 3.8) is 0 Å². The molecule has 1 unspecified atom stereocenters. The van der Waals surface area contributed by atoms with E-state index in [1.165, 1.54) is 6.92 Å². The van der Waals surface area contributed by atoms with Gasteiger partial charge in [0.2, 0.25) is 5.91 Å². The summed E-state index contributed by atoms with van der Waals surface area (Å²) in [7, 11) is 0. The maximum absolute atomic E-state index is 10.8. The largest absolute Gasteiger partial charge is 0.394 e. The summed E-state index contributed by atoms with van der Waals surface area (Å²) >= 11 is 5.79. The fourth-order valence-corrected chi connectivity index (χ4v) is 1.40. The van der Waals surface area contributed by atoms with E-state index in [9.17, 15) is 4.79 Å². The van der Waals surface area contributed by atoms with Crippen LogP contribution in [-0.4, -0.2) is 17.6 Å². The van der Waals surface area contributed by atoms with E-state index in [2.05, 4.69) is 5.32 Å². The fourth-order valence-electron chi connectivity index (χ4n) is 1.20. The van der Waals surface area contributed by atoms with Gasteiger partial charge in [-0.25, -0.2) is 0 Å². The van der Waals surface area contributed by atoms with Gasteiger partial charge in [0.25, 0.3) is 0 Å². The molecule has 1 aromatic rings. The molecule has 76 valence electrons. The monoisotopic (exact) mass is 213 g/mol. The van der Waals surface area contributed by atoms with Gasteiger partial charge in [-0.05, 0) is 17.7 Å². The number of carbonyl (C=O) groups excluding carboxylic acids is 1. The highest BCUT2D eigenvalue weighted by Crippen LogP contribution is 2.17. The molecule has 0 saturated carbocycles. The van der Waals surface area contributed by atoms with Gasteiger partial charge in [-0.1, -0.05) is 23.7 Å². The van der Waals surface area contributed by atoms with Crippen LogP contribution >= 0.6 is 11.6 Å². The molecule has 1 aromatic carbocycles. The molecule has 14 heavy (non-hydrogen) atoms. The summed E-state index contributed by atoms with van der Waals surface area (Å²) in [6, 6.07) is 6.67. The topological polar surface area (TPSA) is 49.3 Å². The summed E-state index contributed by atoms with van der Waals surface area (Å²) in [4.78, 5) is 10.8. The predicted molar refractivity (Wildman–Crippen MR) is 55.1 cm³/mol. The fraction of sp³-hybridized carbons (Fsp3) is 0.300. The maximum atomic E-state index is 10.8. The third-order valence-electron chi connectivity index (χ3n) is 1.81. The van der Waals surface area contributed by atoms with Crippen LogP contribution < -0.4 is 5.32 Å². The van der Waals surface area contributed by atoms with Gasteiger partial charge in [0.1, 0.15) is 0 Å². The minimum Gasteiger partial charge on any atom is -0.394 e. The lowest BCUT2D eigenvalue weighted by molar-refractivity contribution is -0.120. The zero-order chi connectivity index (χ0) is 10.6. The van der Waals surface area contributed by atoms with E-state index in [0.717, 1.165) is 5.56 Å². The number of halogens is 1. The molecule has 0 bridgehead atoms. The van der Waals surface area contributed by atoms with E-state index in [1.54, 1.807) is 18.2 Å². The van der Waals surface area contributed by atoms with E-state index in [4.69, 9.17) is 16.7 Å². The van der Waals surface area contributed by atoms with Crippen molar-refractivity contribution < 1.29 is 9.90 Å². The molecule has 0 heterocycles. The summed E-state index contributed by atoms with van der Waals surface area (Å²) in [5, 5.41) is 12.3. The number of hydrogen-bond acceptors (Lipinski definition) is 2. The van der Waals surface area contributed by atoms with Crippen LogP contribution in [-0.2, 0) is 4.79 Å². The number of nitrogens with one attached hydrogen (secondary N) is 1. The lowest BCUT2D eigenvalue weighted by atomic mass is 10.1. The van der Waals surface area contributed by atoms with Crippen LogP contribution in [0.1, 0.15) is 18.5 Å². The highest BCUT2D eigenvalue weighted by molar-refractivity contribution is 6.30. The van der Waals surface area contributed by atoms with E-state index in [-0.39, 0.29) is 18.6 Å². The first-order chi connectivity index (χ1) is 6.63. The van der Waals surface area contributed by atoms with Crippen LogP contribution in [0.25, 0.3) is 0 Å². The van der Waals surface area contributed by atoms with E-state index in [1.807, 2.05) is 6.07 Å². The SMILES string of the molecule is CC(=O)NC(CO)c1cccc(Cl)c1. The Kier molecular flexibility index (Phi) is 3.92. The molecule has 1 amide bonds. The van der Waals surface area contributed by atoms with E-state index < -0.39 is 0 Å². The summed E-state index contributed by atoms with van der Waals surface area (Å²) in [6.45, 7) is 1.27. The van der Waals surface area contributed by atoms with Crippen LogP contribution in [0.3, 0.4) is 0 Å². The van der Waals surface area contributed by atoms with Gasteiger partial charge in [-0.15, -0.1) is 0 Å². The number of amides is 1. The third-order valence-corrected chi connectivity index (χ3v) is 2.05. The molecular weight excluding hydrogens is 202 g/mol. The van der Waals surface area contributed by atoms with Crippen LogP contribution in [0.5, 0.6) is 0 Å². The Morgan fingerprint density at radius 3 is 2.86 bits per heavy atom. The zero-order valence-corrected chi connectivity index (χ0v) is 8.58. The highest BCUT2D eigenvalue weighted by Gasteiger charge is 2.10. The number of benzene rings is 1. The molecule has 0 fully saturated rings. The molecule has 4 heteroatoms. The second-order valence-corrected chi connectivity index (χ2v) is 3.43. The third kappa shape index (κ3) is 3.01. The predicted octanol–water partition coefficient (Wildman–Crippen LogP) is 1.51. The first kappa shape index (κ1) is 11.0. The Morgan fingerprint density at radius 2 is 2.36 bits per heavy atom. The molecule has 0 radical (unpaired) electrons. The van der Waals surface area contributed by atoms with Crippen LogP contribution in [0, 0.1) is 0 Å². The second kappa shape index (κ2) is 4.98. The number of hydrogen-bond donors (Lipinski definition) is 2. The van der Waals surface area contributed by atoms with Crippen molar-refractivity contribution in [1.82, 2.24) is 5.32 Å². The van der Waals surface area contributed by atoms with Crippen molar-refractivity contribution in [2.45, 2.75) is 13.0 Å². The van der Waals surface area contributed by atoms with Crippen molar-refractivity contribution in [3.8, 4) is 0 Å². The van der Waals surface area contributed by atoms with Gasteiger partial charge in [-0.2, -0.15) is 0 Å². The van der Waals surface area contributed by atoms with Gasteiger partial charge in [0.05, 0.1) is 12.6 Å². The van der Waals surface area contributed by atoms with Crippen molar-refractivity contribution in [2.24, 2.45) is 0 Å². The first-order valence-corrected chi connectivity index (χ1v) is 4.64. The van der Waals surface area contributed by atoms with Crippen LogP contribution in [0.2, 0.25) is 5.02 Å². The normalized spacial score (nSPS) is 12.2. The van der Waals surface area contributed by atoms with E-state index >= 15 is 0 Å². The average Bonchev–Trinajstić information content (AvgIpc) is 2.14. The number of carbonyl (C=O) groups is 1. The zero-order valence-electron chi connectivity index (χ0n) is 7.83. The Labute approximate surface area is 87.7 Å². The highest BCUT2D eigenvalue weighted by atomic mass is 35.5. The molecule has 0 spiro atoms. The van der Waals surface area contributed by atoms with Crippen molar-refractivity contribution in [3.05, 3.63) is 34.9 Å². The molecule has 0 aliphatic carbocycles. The first-order valence-electron chi connectivity index (χ1n) is 4.27. The van der Waals surface area contributed by atoms with Crippen molar-refractivity contribution in [2.75, 3.05) is 6.61 Å². The molecule has 0 aliphatic heterocycles. The number of aliphatic hydroxyl groups is 1. The van der Waals surface area contributed by atoms with Gasteiger partial charge in [0, 0.05) is 11.9 Å². The molecule has 2 N–H and O–H groups in total. The quantitative estimate of drug-likeness (QED) is 0.800. The molecule has 1 rings (SSSR count). The molecule has 3 nitrogen and oxygen atoms in total. The minimum atomic E-state index is -0.383. The summed E-state index contributed by atoms with van der Waals surface area (Å²) < 4.78 is 0. The maximum Gasteiger partial charge on any atom is 0.217 e. The molecule has 0 aliphatic rings. The number of aliphatic hydroxyl groups excluding tert-OH is 1. The van der Waals surface area contributed by atoms with Crippen LogP contribution in [0.4, 0.5) is 0 Å². The Morgan fingerprint density at radius 1 is 1.64 bits per heavy atom. The average molecular weight is 214 g/mol. The smallest absolute Gasteiger partial charge is 0.217 e. The van der Waals surface area contributed by atoms with Crippen molar-refractivity contribution >= 4 is 17.5 Å². The molecule has 0 saturated heterocycles. The van der Waals surface area contributed by atoms with Gasteiger partial charge in [-0.3, -0.25) is 4.79 Å². The number of rotatable bonds is 3. The standard InChI is InChI=1S/C10H12ClNO2/c1-7(14)12-10(6-13)8-3-2-4-9(11)5-8/h2-5,10,13H,6H2,1H3,(H,12,14). The van der Waals surface area contributed by atoms with Crippen LogP contribution in [0.15, 0.2) is 24.3 Å². The summed E-state index contributed by atoms with van der Waals surface area (Å²) in [5.41, 5.74) is 0.801. The molecule has 0 aromatic heterocycles. The van der Waals surface area contributed by atoms with Gasteiger partial charge in [0.15, 0.2) is 0 Å². The Bertz CT molecular complexity index is 328.